The number of carbonyl (C=O) groups is 2. The zero-order valence-corrected chi connectivity index (χ0v) is 17.7. The van der Waals surface area contributed by atoms with Crippen LogP contribution in [0.3, 0.4) is 0 Å². The molecule has 2 heterocycles. The van der Waals surface area contributed by atoms with Crippen molar-refractivity contribution >= 4 is 21.8 Å². The molecule has 2 amide bonds. The average molecular weight is 450 g/mol. The molecule has 31 heavy (non-hydrogen) atoms. The summed E-state index contributed by atoms with van der Waals surface area (Å²) >= 11 is 0. The summed E-state index contributed by atoms with van der Waals surface area (Å²) in [6.45, 7) is 1.82. The van der Waals surface area contributed by atoms with Crippen LogP contribution in [0.15, 0.2) is 47.5 Å². The van der Waals surface area contributed by atoms with Crippen LogP contribution >= 0.6 is 0 Å². The Kier molecular flexibility index (Phi) is 7.31. The number of amides is 2. The maximum Gasteiger partial charge on any atom is 0.309 e. The SMILES string of the molecule is Cc1cc(S(=O)(=O)N2CCCOC2CNC(=O)C(=O)NCc2ccccn2)ccc1F. The first kappa shape index (κ1) is 22.8. The number of sulfonamides is 1. The minimum absolute atomic E-state index is 0.0682. The highest BCUT2D eigenvalue weighted by atomic mass is 32.2. The highest BCUT2D eigenvalue weighted by Crippen LogP contribution is 2.23. The van der Waals surface area contributed by atoms with Gasteiger partial charge in [0.15, 0.2) is 0 Å². The van der Waals surface area contributed by atoms with Crippen LogP contribution in [0.5, 0.6) is 0 Å². The monoisotopic (exact) mass is 450 g/mol. The van der Waals surface area contributed by atoms with E-state index >= 15 is 0 Å². The van der Waals surface area contributed by atoms with Gasteiger partial charge in [-0.3, -0.25) is 14.6 Å². The van der Waals surface area contributed by atoms with Crippen LogP contribution in [-0.4, -0.2) is 55.4 Å². The molecular formula is C20H23FN4O5S. The number of carbonyl (C=O) groups excluding carboxylic acids is 2. The molecule has 0 aliphatic carbocycles. The summed E-state index contributed by atoms with van der Waals surface area (Å²) in [6, 6.07) is 8.72. The second kappa shape index (κ2) is 9.94. The number of benzene rings is 1. The molecule has 1 aromatic heterocycles. The summed E-state index contributed by atoms with van der Waals surface area (Å²) in [7, 11) is -3.98. The zero-order chi connectivity index (χ0) is 22.4. The summed E-state index contributed by atoms with van der Waals surface area (Å²) in [6.07, 6.45) is 1.05. The Morgan fingerprint density at radius 3 is 2.71 bits per heavy atom. The summed E-state index contributed by atoms with van der Waals surface area (Å²) in [5, 5.41) is 4.84. The van der Waals surface area contributed by atoms with Crippen molar-refractivity contribution < 1.29 is 27.1 Å². The first-order valence-electron chi connectivity index (χ1n) is 9.64. The van der Waals surface area contributed by atoms with Crippen molar-refractivity contribution in [3.63, 3.8) is 0 Å². The molecule has 11 heteroatoms. The molecule has 0 bridgehead atoms. The third-order valence-electron chi connectivity index (χ3n) is 4.69. The molecule has 1 fully saturated rings. The molecule has 1 aromatic carbocycles. The van der Waals surface area contributed by atoms with Gasteiger partial charge in [-0.05, 0) is 49.2 Å². The van der Waals surface area contributed by atoms with Gasteiger partial charge in [-0.15, -0.1) is 0 Å². The summed E-state index contributed by atoms with van der Waals surface area (Å²) < 4.78 is 46.2. The first-order chi connectivity index (χ1) is 14.8. The Morgan fingerprint density at radius 1 is 1.23 bits per heavy atom. The molecule has 166 valence electrons. The molecule has 0 spiro atoms. The number of hydrogen-bond donors (Lipinski definition) is 2. The number of nitrogens with one attached hydrogen (secondary N) is 2. The molecule has 2 aromatic rings. The Balaban J connectivity index is 1.62. The van der Waals surface area contributed by atoms with Gasteiger partial charge in [-0.1, -0.05) is 6.07 Å². The molecule has 9 nitrogen and oxygen atoms in total. The smallest absolute Gasteiger partial charge is 0.309 e. The molecular weight excluding hydrogens is 427 g/mol. The maximum absolute atomic E-state index is 13.5. The number of ether oxygens (including phenoxy) is 1. The van der Waals surface area contributed by atoms with Crippen LogP contribution in [0.4, 0.5) is 4.39 Å². The molecule has 1 unspecified atom stereocenters. The molecule has 0 saturated carbocycles. The van der Waals surface area contributed by atoms with E-state index in [0.717, 1.165) is 10.4 Å². The van der Waals surface area contributed by atoms with Crippen molar-refractivity contribution in [3.8, 4) is 0 Å². The Hall–Kier alpha value is -2.89. The van der Waals surface area contributed by atoms with Crippen molar-refractivity contribution in [2.45, 2.75) is 31.0 Å². The van der Waals surface area contributed by atoms with E-state index in [1.54, 1.807) is 24.4 Å². The lowest BCUT2D eigenvalue weighted by Gasteiger charge is -2.34. The van der Waals surface area contributed by atoms with Gasteiger partial charge in [0, 0.05) is 12.7 Å². The minimum atomic E-state index is -3.98. The van der Waals surface area contributed by atoms with E-state index in [1.165, 1.54) is 19.1 Å². The van der Waals surface area contributed by atoms with Crippen LogP contribution in [0.1, 0.15) is 17.7 Å². The van der Waals surface area contributed by atoms with E-state index in [-0.39, 0.29) is 30.1 Å². The summed E-state index contributed by atoms with van der Waals surface area (Å²) in [5.41, 5.74) is 0.791. The fourth-order valence-electron chi connectivity index (χ4n) is 3.03. The second-order valence-corrected chi connectivity index (χ2v) is 8.81. The zero-order valence-electron chi connectivity index (χ0n) is 16.9. The average Bonchev–Trinajstić information content (AvgIpc) is 2.78. The Bertz CT molecular complexity index is 1050. The van der Waals surface area contributed by atoms with E-state index < -0.39 is 33.9 Å². The van der Waals surface area contributed by atoms with Gasteiger partial charge >= 0.3 is 11.8 Å². The van der Waals surface area contributed by atoms with E-state index in [0.29, 0.717) is 18.7 Å². The summed E-state index contributed by atoms with van der Waals surface area (Å²) in [4.78, 5) is 28.1. The number of pyridine rings is 1. The van der Waals surface area contributed by atoms with E-state index in [4.69, 9.17) is 4.74 Å². The molecule has 1 aliphatic heterocycles. The second-order valence-electron chi connectivity index (χ2n) is 6.92. The van der Waals surface area contributed by atoms with Crippen molar-refractivity contribution in [1.82, 2.24) is 19.9 Å². The van der Waals surface area contributed by atoms with Gasteiger partial charge in [-0.25, -0.2) is 12.8 Å². The predicted octanol–water partition coefficient (Wildman–Crippen LogP) is 0.699. The largest absolute Gasteiger partial charge is 0.360 e. The number of rotatable bonds is 6. The van der Waals surface area contributed by atoms with Crippen LogP contribution in [0.2, 0.25) is 0 Å². The van der Waals surface area contributed by atoms with Gasteiger partial charge in [0.05, 0.1) is 30.3 Å². The fourth-order valence-corrected chi connectivity index (χ4v) is 4.68. The highest BCUT2D eigenvalue weighted by Gasteiger charge is 2.35. The molecule has 1 saturated heterocycles. The number of hydrogen-bond acceptors (Lipinski definition) is 6. The normalized spacial score (nSPS) is 17.2. The van der Waals surface area contributed by atoms with Gasteiger partial charge in [-0.2, -0.15) is 4.31 Å². The van der Waals surface area contributed by atoms with Crippen molar-refractivity contribution in [3.05, 3.63) is 59.7 Å². The predicted molar refractivity (Wildman–Crippen MR) is 108 cm³/mol. The van der Waals surface area contributed by atoms with Crippen molar-refractivity contribution in [2.75, 3.05) is 19.7 Å². The number of halogens is 1. The van der Waals surface area contributed by atoms with Crippen molar-refractivity contribution in [2.24, 2.45) is 0 Å². The number of aromatic nitrogens is 1. The standard InChI is InChI=1S/C20H23FN4O5S/c1-14-11-16(6-7-17(14)21)31(28,29)25-9-4-10-30-18(25)13-24-20(27)19(26)23-12-15-5-2-3-8-22-15/h2-3,5-8,11,18H,4,9-10,12-13H2,1H3,(H,23,26)(H,24,27). The Labute approximate surface area is 179 Å². The fraction of sp³-hybridized carbons (Fsp3) is 0.350. The van der Waals surface area contributed by atoms with Crippen LogP contribution in [0, 0.1) is 12.7 Å². The molecule has 0 radical (unpaired) electrons. The number of aryl methyl sites for hydroxylation is 1. The first-order valence-corrected chi connectivity index (χ1v) is 11.1. The third kappa shape index (κ3) is 5.63. The summed E-state index contributed by atoms with van der Waals surface area (Å²) in [5.74, 6) is -2.29. The van der Waals surface area contributed by atoms with E-state index in [9.17, 15) is 22.4 Å². The van der Waals surface area contributed by atoms with Gasteiger partial charge in [0.2, 0.25) is 10.0 Å². The van der Waals surface area contributed by atoms with Gasteiger partial charge in [0.1, 0.15) is 12.0 Å². The quantitative estimate of drug-likeness (QED) is 0.626. The van der Waals surface area contributed by atoms with Gasteiger partial charge < -0.3 is 15.4 Å². The van der Waals surface area contributed by atoms with E-state index in [1.807, 2.05) is 0 Å². The van der Waals surface area contributed by atoms with Crippen LogP contribution in [-0.2, 0) is 30.9 Å². The van der Waals surface area contributed by atoms with Crippen LogP contribution in [0.25, 0.3) is 0 Å². The lowest BCUT2D eigenvalue weighted by molar-refractivity contribution is -0.140. The highest BCUT2D eigenvalue weighted by molar-refractivity contribution is 7.89. The lowest BCUT2D eigenvalue weighted by atomic mass is 10.2. The van der Waals surface area contributed by atoms with Gasteiger partial charge in [0.25, 0.3) is 0 Å². The minimum Gasteiger partial charge on any atom is -0.360 e. The molecule has 3 rings (SSSR count). The van der Waals surface area contributed by atoms with Crippen molar-refractivity contribution in [1.29, 1.82) is 0 Å². The van der Waals surface area contributed by atoms with E-state index in [2.05, 4.69) is 15.6 Å². The maximum atomic E-state index is 13.5. The lowest BCUT2D eigenvalue weighted by Crippen LogP contribution is -2.53. The Morgan fingerprint density at radius 2 is 2.00 bits per heavy atom. The number of nitrogens with zero attached hydrogens (tertiary/aromatic N) is 2. The molecule has 1 aliphatic rings. The molecule has 2 N–H and O–H groups in total. The molecule has 1 atom stereocenters. The third-order valence-corrected chi connectivity index (χ3v) is 6.57. The van der Waals surface area contributed by atoms with Crippen LogP contribution < -0.4 is 10.6 Å². The topological polar surface area (TPSA) is 118 Å².